The van der Waals surface area contributed by atoms with Crippen LogP contribution in [-0.4, -0.2) is 25.0 Å². The molecule has 3 aromatic carbocycles. The molecule has 3 rings (SSSR count). The maximum absolute atomic E-state index is 12.9. The Bertz CT molecular complexity index is 1200. The lowest BCUT2D eigenvalue weighted by Gasteiger charge is -2.30. The molecule has 190 valence electrons. The van der Waals surface area contributed by atoms with Crippen LogP contribution >= 0.6 is 11.6 Å². The van der Waals surface area contributed by atoms with E-state index in [9.17, 15) is 4.79 Å². The third-order valence-electron chi connectivity index (χ3n) is 5.42. The standard InChI is InChI=1S/C28H34ClN5O2/c1-18(2)16-34(17-19(3)4)26-14-9-20(23-7-5-6-8-24(23)27(30)33-31)15-25(26)32-28(35)36-22-12-10-21(29)11-13-22/h5-15,18-19H,16-17,31H2,1-4H3,(H2,30,33)(H,32,35). The normalized spacial score (nSPS) is 11.6. The van der Waals surface area contributed by atoms with Gasteiger partial charge in [0.2, 0.25) is 0 Å². The summed E-state index contributed by atoms with van der Waals surface area (Å²) in [6.07, 6.45) is -0.596. The van der Waals surface area contributed by atoms with E-state index in [-0.39, 0.29) is 5.84 Å². The van der Waals surface area contributed by atoms with E-state index in [1.807, 2.05) is 42.5 Å². The third kappa shape index (κ3) is 7.15. The average molecular weight is 508 g/mol. The molecule has 0 aliphatic heterocycles. The van der Waals surface area contributed by atoms with Gasteiger partial charge >= 0.3 is 6.09 Å². The first-order chi connectivity index (χ1) is 17.2. The monoisotopic (exact) mass is 507 g/mol. The molecule has 0 atom stereocenters. The largest absolute Gasteiger partial charge is 0.417 e. The first-order valence-electron chi connectivity index (χ1n) is 11.9. The van der Waals surface area contributed by atoms with E-state index >= 15 is 0 Å². The number of ether oxygens (including phenoxy) is 1. The van der Waals surface area contributed by atoms with Crippen LogP contribution in [0.15, 0.2) is 71.8 Å². The van der Waals surface area contributed by atoms with Gasteiger partial charge in [-0.1, -0.05) is 69.6 Å². The minimum absolute atomic E-state index is 0.229. The summed E-state index contributed by atoms with van der Waals surface area (Å²) < 4.78 is 5.51. The maximum Gasteiger partial charge on any atom is 0.417 e. The van der Waals surface area contributed by atoms with Crippen LogP contribution in [0.2, 0.25) is 5.02 Å². The number of carbonyl (C=O) groups excluding carboxylic acids is 1. The first kappa shape index (κ1) is 26.9. The van der Waals surface area contributed by atoms with Crippen LogP contribution in [0.4, 0.5) is 16.2 Å². The number of hydrazone groups is 1. The van der Waals surface area contributed by atoms with Crippen molar-refractivity contribution in [3.63, 3.8) is 0 Å². The molecule has 1 amide bonds. The van der Waals surface area contributed by atoms with Gasteiger partial charge in [0.15, 0.2) is 5.84 Å². The van der Waals surface area contributed by atoms with Crippen LogP contribution in [0.5, 0.6) is 5.75 Å². The number of rotatable bonds is 9. The quantitative estimate of drug-likeness (QED) is 0.136. The van der Waals surface area contributed by atoms with E-state index in [1.165, 1.54) is 0 Å². The van der Waals surface area contributed by atoms with Crippen molar-refractivity contribution < 1.29 is 9.53 Å². The Hall–Kier alpha value is -3.71. The van der Waals surface area contributed by atoms with Gasteiger partial charge in [0.1, 0.15) is 5.75 Å². The van der Waals surface area contributed by atoms with Crippen molar-refractivity contribution in [2.75, 3.05) is 23.3 Å². The Morgan fingerprint density at radius 2 is 1.64 bits per heavy atom. The molecule has 0 heterocycles. The minimum Gasteiger partial charge on any atom is -0.410 e. The predicted octanol–water partition coefficient (Wildman–Crippen LogP) is 6.32. The van der Waals surface area contributed by atoms with Crippen LogP contribution in [0.1, 0.15) is 33.3 Å². The summed E-state index contributed by atoms with van der Waals surface area (Å²) in [4.78, 5) is 15.2. The molecule has 0 saturated carbocycles. The Balaban J connectivity index is 2.05. The highest BCUT2D eigenvalue weighted by atomic mass is 35.5. The fourth-order valence-electron chi connectivity index (χ4n) is 4.01. The number of nitrogens with one attached hydrogen (secondary N) is 1. The summed E-state index contributed by atoms with van der Waals surface area (Å²) >= 11 is 5.95. The van der Waals surface area contributed by atoms with Crippen LogP contribution in [0, 0.1) is 11.8 Å². The number of amides is 1. The lowest BCUT2D eigenvalue weighted by molar-refractivity contribution is 0.215. The molecule has 0 saturated heterocycles. The fourth-order valence-corrected chi connectivity index (χ4v) is 4.13. The van der Waals surface area contributed by atoms with Gasteiger partial charge < -0.3 is 21.2 Å². The van der Waals surface area contributed by atoms with E-state index in [4.69, 9.17) is 27.9 Å². The van der Waals surface area contributed by atoms with Crippen molar-refractivity contribution >= 4 is 34.9 Å². The minimum atomic E-state index is -0.596. The van der Waals surface area contributed by atoms with Gasteiger partial charge in [0.05, 0.1) is 11.4 Å². The number of hydrogen-bond donors (Lipinski definition) is 3. The molecule has 0 aliphatic carbocycles. The van der Waals surface area contributed by atoms with Gasteiger partial charge in [0.25, 0.3) is 0 Å². The first-order valence-corrected chi connectivity index (χ1v) is 12.3. The molecule has 0 spiro atoms. The molecule has 0 aliphatic rings. The summed E-state index contributed by atoms with van der Waals surface area (Å²) in [6, 6.07) is 20.2. The second-order valence-corrected chi connectivity index (χ2v) is 9.89. The number of halogens is 1. The van der Waals surface area contributed by atoms with Gasteiger partial charge in [-0.05, 0) is 59.4 Å². The molecule has 3 aromatic rings. The van der Waals surface area contributed by atoms with Crippen LogP contribution in [0.25, 0.3) is 11.1 Å². The van der Waals surface area contributed by atoms with Crippen LogP contribution < -0.4 is 26.5 Å². The molecule has 5 N–H and O–H groups in total. The molecule has 0 unspecified atom stereocenters. The highest BCUT2D eigenvalue weighted by molar-refractivity contribution is 6.30. The molecule has 8 heteroatoms. The molecule has 0 aromatic heterocycles. The van der Waals surface area contributed by atoms with Gasteiger partial charge in [-0.3, -0.25) is 5.32 Å². The Morgan fingerprint density at radius 1 is 1.00 bits per heavy atom. The zero-order valence-electron chi connectivity index (χ0n) is 21.2. The van der Waals surface area contributed by atoms with Crippen LogP contribution in [0.3, 0.4) is 0 Å². The fraction of sp³-hybridized carbons (Fsp3) is 0.286. The predicted molar refractivity (Wildman–Crippen MR) is 150 cm³/mol. The smallest absolute Gasteiger partial charge is 0.410 e. The second-order valence-electron chi connectivity index (χ2n) is 9.45. The number of nitrogens with two attached hydrogens (primary N) is 2. The van der Waals surface area contributed by atoms with Crippen molar-refractivity contribution in [3.05, 3.63) is 77.3 Å². The van der Waals surface area contributed by atoms with Gasteiger partial charge in [0, 0.05) is 23.7 Å². The van der Waals surface area contributed by atoms with E-state index in [0.29, 0.717) is 33.9 Å². The van der Waals surface area contributed by atoms with Gasteiger partial charge in [-0.2, -0.15) is 5.10 Å². The lowest BCUT2D eigenvalue weighted by Crippen LogP contribution is -2.32. The van der Waals surface area contributed by atoms with Crippen molar-refractivity contribution in [1.82, 2.24) is 0 Å². The topological polar surface area (TPSA) is 106 Å². The number of hydrogen-bond acceptors (Lipinski definition) is 5. The van der Waals surface area contributed by atoms with E-state index in [1.54, 1.807) is 24.3 Å². The molecular formula is C28H34ClN5O2. The van der Waals surface area contributed by atoms with Gasteiger partial charge in [-0.15, -0.1) is 0 Å². The summed E-state index contributed by atoms with van der Waals surface area (Å²) in [6.45, 7) is 10.4. The Labute approximate surface area is 218 Å². The average Bonchev–Trinajstić information content (AvgIpc) is 2.84. The molecule has 0 bridgehead atoms. The number of amidine groups is 1. The maximum atomic E-state index is 12.9. The number of nitrogens with zero attached hydrogens (tertiary/aromatic N) is 2. The number of anilines is 2. The molecular weight excluding hydrogens is 474 g/mol. The number of carbonyl (C=O) groups is 1. The Kier molecular flexibility index (Phi) is 9.19. The molecule has 0 fully saturated rings. The molecule has 0 radical (unpaired) electrons. The van der Waals surface area contributed by atoms with E-state index < -0.39 is 6.09 Å². The summed E-state index contributed by atoms with van der Waals surface area (Å²) in [5, 5.41) is 7.18. The van der Waals surface area contributed by atoms with E-state index in [2.05, 4.69) is 43.0 Å². The summed E-state index contributed by atoms with van der Waals surface area (Å²) in [5.41, 5.74) is 10.0. The second kappa shape index (κ2) is 12.3. The van der Waals surface area contributed by atoms with Gasteiger partial charge in [-0.25, -0.2) is 4.79 Å². The SMILES string of the molecule is CC(C)CN(CC(C)C)c1ccc(-c2ccccc2/C(N)=N/N)cc1NC(=O)Oc1ccc(Cl)cc1. The summed E-state index contributed by atoms with van der Waals surface area (Å²) in [7, 11) is 0. The number of benzene rings is 3. The molecule has 36 heavy (non-hydrogen) atoms. The highest BCUT2D eigenvalue weighted by Gasteiger charge is 2.19. The van der Waals surface area contributed by atoms with Crippen molar-refractivity contribution in [2.24, 2.45) is 28.5 Å². The van der Waals surface area contributed by atoms with Crippen LogP contribution in [-0.2, 0) is 0 Å². The van der Waals surface area contributed by atoms with Crippen molar-refractivity contribution in [2.45, 2.75) is 27.7 Å². The summed E-state index contributed by atoms with van der Waals surface area (Å²) in [5.74, 6) is 6.94. The Morgan fingerprint density at radius 3 is 2.25 bits per heavy atom. The van der Waals surface area contributed by atoms with Crippen molar-refractivity contribution in [1.29, 1.82) is 0 Å². The van der Waals surface area contributed by atoms with E-state index in [0.717, 1.165) is 29.9 Å². The zero-order valence-corrected chi connectivity index (χ0v) is 21.9. The lowest BCUT2D eigenvalue weighted by atomic mass is 9.97. The third-order valence-corrected chi connectivity index (χ3v) is 5.67. The molecule has 7 nitrogen and oxygen atoms in total. The zero-order chi connectivity index (χ0) is 26.2. The highest BCUT2D eigenvalue weighted by Crippen LogP contribution is 2.34. The van der Waals surface area contributed by atoms with Crippen molar-refractivity contribution in [3.8, 4) is 16.9 Å².